The van der Waals surface area contributed by atoms with E-state index < -0.39 is 0 Å². The van der Waals surface area contributed by atoms with Gasteiger partial charge in [-0.15, -0.1) is 0 Å². The minimum atomic E-state index is 0.294. The summed E-state index contributed by atoms with van der Waals surface area (Å²) >= 11 is 5.97. The lowest BCUT2D eigenvalue weighted by atomic mass is 9.95. The van der Waals surface area contributed by atoms with E-state index in [0.29, 0.717) is 12.6 Å². The smallest absolute Gasteiger partial charge is 0.0657 e. The fraction of sp³-hybridized carbons (Fsp3) is 0.455. The number of halogens is 1. The topological polar surface area (TPSA) is 21.3 Å². The highest BCUT2D eigenvalue weighted by atomic mass is 35.5. The molecule has 0 fully saturated rings. The van der Waals surface area contributed by atoms with E-state index >= 15 is 0 Å². The first-order valence-electron chi connectivity index (χ1n) is 4.82. The highest BCUT2D eigenvalue weighted by molar-refractivity contribution is 6.30. The largest absolute Gasteiger partial charge is 0.383 e. The molecule has 1 unspecified atom stereocenters. The van der Waals surface area contributed by atoms with Crippen LogP contribution in [0.5, 0.6) is 0 Å². The standard InChI is InChI=1S/C11H14ClNO/c1-14-7-11-10-6-9(12)3-2-8(10)4-5-13-11/h2-3,6,11,13H,4-5,7H2,1H3. The van der Waals surface area contributed by atoms with Crippen LogP contribution in [0.1, 0.15) is 17.2 Å². The maximum Gasteiger partial charge on any atom is 0.0657 e. The molecule has 14 heavy (non-hydrogen) atoms. The number of methoxy groups -OCH3 is 1. The normalized spacial score (nSPS) is 20.6. The van der Waals surface area contributed by atoms with Crippen molar-refractivity contribution in [2.45, 2.75) is 12.5 Å². The molecule has 1 aliphatic heterocycles. The molecular formula is C11H14ClNO. The molecule has 0 amide bonds. The molecule has 1 aromatic carbocycles. The lowest BCUT2D eigenvalue weighted by molar-refractivity contribution is 0.164. The summed E-state index contributed by atoms with van der Waals surface area (Å²) < 4.78 is 5.17. The van der Waals surface area contributed by atoms with Gasteiger partial charge >= 0.3 is 0 Å². The Labute approximate surface area is 89.2 Å². The molecule has 2 nitrogen and oxygen atoms in total. The van der Waals surface area contributed by atoms with Gasteiger partial charge in [0.2, 0.25) is 0 Å². The van der Waals surface area contributed by atoms with Crippen LogP contribution < -0.4 is 5.32 Å². The van der Waals surface area contributed by atoms with Crippen LogP contribution in [-0.4, -0.2) is 20.3 Å². The number of rotatable bonds is 2. The molecule has 1 heterocycles. The molecule has 1 aliphatic rings. The molecule has 0 aliphatic carbocycles. The minimum Gasteiger partial charge on any atom is -0.383 e. The van der Waals surface area contributed by atoms with Gasteiger partial charge in [0.1, 0.15) is 0 Å². The first-order valence-corrected chi connectivity index (χ1v) is 5.19. The molecule has 0 aromatic heterocycles. The Bertz CT molecular complexity index is 327. The molecule has 2 rings (SSSR count). The molecular weight excluding hydrogens is 198 g/mol. The zero-order chi connectivity index (χ0) is 9.97. The van der Waals surface area contributed by atoms with E-state index in [0.717, 1.165) is 18.0 Å². The van der Waals surface area contributed by atoms with Crippen LogP contribution in [0.3, 0.4) is 0 Å². The highest BCUT2D eigenvalue weighted by Gasteiger charge is 2.19. The van der Waals surface area contributed by atoms with Gasteiger partial charge in [0.15, 0.2) is 0 Å². The van der Waals surface area contributed by atoms with Gasteiger partial charge in [-0.25, -0.2) is 0 Å². The van der Waals surface area contributed by atoms with Crippen molar-refractivity contribution >= 4 is 11.6 Å². The van der Waals surface area contributed by atoms with Crippen molar-refractivity contribution in [3.63, 3.8) is 0 Å². The molecule has 0 bridgehead atoms. The maximum absolute atomic E-state index is 5.97. The van der Waals surface area contributed by atoms with Crippen LogP contribution in [0, 0.1) is 0 Å². The average Bonchev–Trinajstić information content (AvgIpc) is 2.19. The predicted octanol–water partition coefficient (Wildman–Crippen LogP) is 2.17. The van der Waals surface area contributed by atoms with Crippen molar-refractivity contribution < 1.29 is 4.74 Å². The summed E-state index contributed by atoms with van der Waals surface area (Å²) in [6.45, 7) is 1.72. The van der Waals surface area contributed by atoms with Gasteiger partial charge < -0.3 is 10.1 Å². The third-order valence-electron chi connectivity index (χ3n) is 2.60. The molecule has 76 valence electrons. The van der Waals surface area contributed by atoms with Gasteiger partial charge in [-0.3, -0.25) is 0 Å². The van der Waals surface area contributed by atoms with E-state index in [1.54, 1.807) is 7.11 Å². The van der Waals surface area contributed by atoms with Crippen LogP contribution in [-0.2, 0) is 11.2 Å². The average molecular weight is 212 g/mol. The summed E-state index contributed by atoms with van der Waals surface area (Å²) in [6, 6.07) is 6.39. The fourth-order valence-electron chi connectivity index (χ4n) is 1.92. The van der Waals surface area contributed by atoms with Crippen LogP contribution in [0.2, 0.25) is 5.02 Å². The van der Waals surface area contributed by atoms with Crippen molar-refractivity contribution in [2.24, 2.45) is 0 Å². The first-order chi connectivity index (χ1) is 6.81. The molecule has 0 saturated heterocycles. The summed E-state index contributed by atoms with van der Waals surface area (Å²) in [6.07, 6.45) is 1.08. The third-order valence-corrected chi connectivity index (χ3v) is 2.84. The number of ether oxygens (including phenoxy) is 1. The van der Waals surface area contributed by atoms with Crippen molar-refractivity contribution in [3.8, 4) is 0 Å². The second-order valence-electron chi connectivity index (χ2n) is 3.56. The minimum absolute atomic E-state index is 0.294. The molecule has 1 atom stereocenters. The number of benzene rings is 1. The molecule has 1 N–H and O–H groups in total. The van der Waals surface area contributed by atoms with E-state index in [1.165, 1.54) is 11.1 Å². The third kappa shape index (κ3) is 1.92. The fourth-order valence-corrected chi connectivity index (χ4v) is 2.10. The summed E-state index contributed by atoms with van der Waals surface area (Å²) in [5, 5.41) is 4.22. The van der Waals surface area contributed by atoms with E-state index in [1.807, 2.05) is 12.1 Å². The molecule has 0 spiro atoms. The van der Waals surface area contributed by atoms with Crippen LogP contribution >= 0.6 is 11.6 Å². The van der Waals surface area contributed by atoms with Gasteiger partial charge in [0.05, 0.1) is 12.6 Å². The molecule has 0 radical (unpaired) electrons. The van der Waals surface area contributed by atoms with Gasteiger partial charge in [-0.05, 0) is 36.2 Å². The Morgan fingerprint density at radius 2 is 2.43 bits per heavy atom. The number of hydrogen-bond acceptors (Lipinski definition) is 2. The van der Waals surface area contributed by atoms with Crippen molar-refractivity contribution in [1.82, 2.24) is 5.32 Å². The summed E-state index contributed by atoms with van der Waals surface area (Å²) in [4.78, 5) is 0. The van der Waals surface area contributed by atoms with Gasteiger partial charge in [-0.2, -0.15) is 0 Å². The Morgan fingerprint density at radius 3 is 3.21 bits per heavy atom. The lowest BCUT2D eigenvalue weighted by Gasteiger charge is -2.26. The van der Waals surface area contributed by atoms with Crippen LogP contribution in [0.4, 0.5) is 0 Å². The van der Waals surface area contributed by atoms with Crippen LogP contribution in [0.25, 0.3) is 0 Å². The Morgan fingerprint density at radius 1 is 1.57 bits per heavy atom. The van der Waals surface area contributed by atoms with Gasteiger partial charge in [0, 0.05) is 12.1 Å². The van der Waals surface area contributed by atoms with Gasteiger partial charge in [0.25, 0.3) is 0 Å². The molecule has 3 heteroatoms. The van der Waals surface area contributed by atoms with E-state index in [9.17, 15) is 0 Å². The first kappa shape index (κ1) is 9.97. The van der Waals surface area contributed by atoms with Crippen molar-refractivity contribution in [1.29, 1.82) is 0 Å². The Kier molecular flexibility index (Phi) is 3.06. The zero-order valence-electron chi connectivity index (χ0n) is 8.22. The number of hydrogen-bond donors (Lipinski definition) is 1. The number of fused-ring (bicyclic) bond motifs is 1. The Balaban J connectivity index is 2.32. The molecule has 1 aromatic rings. The maximum atomic E-state index is 5.97. The second kappa shape index (κ2) is 4.30. The Hall–Kier alpha value is -0.570. The van der Waals surface area contributed by atoms with Crippen molar-refractivity contribution in [2.75, 3.05) is 20.3 Å². The zero-order valence-corrected chi connectivity index (χ0v) is 8.97. The predicted molar refractivity (Wildman–Crippen MR) is 57.8 cm³/mol. The highest BCUT2D eigenvalue weighted by Crippen LogP contribution is 2.25. The SMILES string of the molecule is COCC1NCCc2ccc(Cl)cc21. The monoisotopic (exact) mass is 211 g/mol. The van der Waals surface area contributed by atoms with Gasteiger partial charge in [-0.1, -0.05) is 17.7 Å². The van der Waals surface area contributed by atoms with E-state index in [-0.39, 0.29) is 0 Å². The van der Waals surface area contributed by atoms with E-state index in [4.69, 9.17) is 16.3 Å². The summed E-state index contributed by atoms with van der Waals surface area (Å²) in [7, 11) is 1.72. The van der Waals surface area contributed by atoms with Crippen LogP contribution in [0.15, 0.2) is 18.2 Å². The quantitative estimate of drug-likeness (QED) is 0.810. The summed E-state index contributed by atoms with van der Waals surface area (Å²) in [5.74, 6) is 0. The lowest BCUT2D eigenvalue weighted by Crippen LogP contribution is -2.32. The second-order valence-corrected chi connectivity index (χ2v) is 3.99. The van der Waals surface area contributed by atoms with E-state index in [2.05, 4.69) is 11.4 Å². The molecule has 0 saturated carbocycles. The number of nitrogens with one attached hydrogen (secondary N) is 1. The summed E-state index contributed by atoms with van der Waals surface area (Å²) in [5.41, 5.74) is 2.67. The van der Waals surface area contributed by atoms with Crippen molar-refractivity contribution in [3.05, 3.63) is 34.3 Å².